The highest BCUT2D eigenvalue weighted by atomic mass is 32.1. The molecule has 6 heteroatoms. The second-order valence-corrected chi connectivity index (χ2v) is 6.25. The van der Waals surface area contributed by atoms with E-state index < -0.39 is 5.97 Å². The van der Waals surface area contributed by atoms with E-state index in [2.05, 4.69) is 4.98 Å². The van der Waals surface area contributed by atoms with Crippen LogP contribution in [-0.2, 0) is 9.59 Å². The van der Waals surface area contributed by atoms with Crippen LogP contribution in [0.1, 0.15) is 23.5 Å². The monoisotopic (exact) mass is 328 g/mol. The van der Waals surface area contributed by atoms with Gasteiger partial charge in [0.1, 0.15) is 5.75 Å². The summed E-state index contributed by atoms with van der Waals surface area (Å²) in [6.45, 7) is 2.65. The minimum Gasteiger partial charge on any atom is -0.423 e. The Morgan fingerprint density at radius 2 is 2.13 bits per heavy atom. The number of ether oxygens (including phenoxy) is 1. The number of anilines is 1. The molecule has 2 heterocycles. The van der Waals surface area contributed by atoms with Crippen molar-refractivity contribution in [2.24, 2.45) is 0 Å². The van der Waals surface area contributed by atoms with Crippen molar-refractivity contribution in [1.29, 1.82) is 0 Å². The highest BCUT2D eigenvalue weighted by molar-refractivity contribution is 7.09. The predicted octanol–water partition coefficient (Wildman–Crippen LogP) is 3.20. The molecule has 0 saturated carbocycles. The third kappa shape index (κ3) is 3.84. The van der Waals surface area contributed by atoms with Crippen LogP contribution in [0.15, 0.2) is 35.7 Å². The van der Waals surface area contributed by atoms with Gasteiger partial charge in [0.15, 0.2) is 0 Å². The maximum absolute atomic E-state index is 11.8. The van der Waals surface area contributed by atoms with Crippen molar-refractivity contribution >= 4 is 35.0 Å². The molecule has 1 saturated heterocycles. The number of carbonyl (C=O) groups excluding carboxylic acids is 2. The molecule has 1 amide bonds. The number of thiazole rings is 1. The Morgan fingerprint density at radius 1 is 1.35 bits per heavy atom. The van der Waals surface area contributed by atoms with Crippen LogP contribution in [-0.4, -0.2) is 23.4 Å². The normalized spacial score (nSPS) is 14.7. The lowest BCUT2D eigenvalue weighted by atomic mass is 10.3. The van der Waals surface area contributed by atoms with Crippen LogP contribution in [0.5, 0.6) is 5.75 Å². The summed E-state index contributed by atoms with van der Waals surface area (Å²) in [5.74, 6) is 0.126. The fourth-order valence-electron chi connectivity index (χ4n) is 2.38. The van der Waals surface area contributed by atoms with E-state index >= 15 is 0 Å². The van der Waals surface area contributed by atoms with E-state index in [1.165, 1.54) is 17.4 Å². The Kier molecular flexibility index (Phi) is 4.52. The molecule has 1 aliphatic rings. The smallest absolute Gasteiger partial charge is 0.336 e. The zero-order chi connectivity index (χ0) is 16.2. The molecule has 1 aromatic carbocycles. The average Bonchev–Trinajstić information content (AvgIpc) is 3.14. The quantitative estimate of drug-likeness (QED) is 0.491. The highest BCUT2D eigenvalue weighted by Gasteiger charge is 2.21. The summed E-state index contributed by atoms with van der Waals surface area (Å²) >= 11 is 1.53. The number of hydrogen-bond donors (Lipinski definition) is 0. The van der Waals surface area contributed by atoms with Gasteiger partial charge in [0.2, 0.25) is 5.91 Å². The topological polar surface area (TPSA) is 59.5 Å². The minimum absolute atomic E-state index is 0.135. The van der Waals surface area contributed by atoms with Crippen LogP contribution in [0.25, 0.3) is 6.08 Å². The zero-order valence-electron chi connectivity index (χ0n) is 12.7. The maximum Gasteiger partial charge on any atom is 0.336 e. The van der Waals surface area contributed by atoms with Gasteiger partial charge in [0.05, 0.1) is 10.7 Å². The predicted molar refractivity (Wildman–Crippen MR) is 89.5 cm³/mol. The molecule has 0 atom stereocenters. The fourth-order valence-corrected chi connectivity index (χ4v) is 2.96. The van der Waals surface area contributed by atoms with Crippen LogP contribution >= 0.6 is 11.3 Å². The van der Waals surface area contributed by atoms with Crippen molar-refractivity contribution in [3.63, 3.8) is 0 Å². The first kappa shape index (κ1) is 15.4. The molecule has 0 spiro atoms. The molecule has 118 valence electrons. The number of amides is 1. The van der Waals surface area contributed by atoms with E-state index in [1.807, 2.05) is 12.3 Å². The number of hydrogen-bond acceptors (Lipinski definition) is 5. The minimum atomic E-state index is -0.458. The van der Waals surface area contributed by atoms with E-state index in [0.717, 1.165) is 29.4 Å². The maximum atomic E-state index is 11.8. The SMILES string of the molecule is Cc1nc(/C=C/C(=O)Oc2ccc(N3CCCC3=O)cc2)cs1. The second-order valence-electron chi connectivity index (χ2n) is 5.19. The van der Waals surface area contributed by atoms with E-state index in [1.54, 1.807) is 35.2 Å². The number of benzene rings is 1. The van der Waals surface area contributed by atoms with Gasteiger partial charge >= 0.3 is 5.97 Å². The Balaban J connectivity index is 1.60. The van der Waals surface area contributed by atoms with Crippen molar-refractivity contribution in [2.45, 2.75) is 19.8 Å². The van der Waals surface area contributed by atoms with Gasteiger partial charge in [-0.3, -0.25) is 4.79 Å². The van der Waals surface area contributed by atoms with E-state index in [9.17, 15) is 9.59 Å². The molecule has 3 rings (SSSR count). The molecular weight excluding hydrogens is 312 g/mol. The lowest BCUT2D eigenvalue weighted by Gasteiger charge is -2.15. The third-order valence-electron chi connectivity index (χ3n) is 3.47. The summed E-state index contributed by atoms with van der Waals surface area (Å²) in [6.07, 6.45) is 4.46. The largest absolute Gasteiger partial charge is 0.423 e. The van der Waals surface area contributed by atoms with Crippen LogP contribution < -0.4 is 9.64 Å². The summed E-state index contributed by atoms with van der Waals surface area (Å²) in [7, 11) is 0. The molecule has 0 radical (unpaired) electrons. The summed E-state index contributed by atoms with van der Waals surface area (Å²) in [6, 6.07) is 6.97. The van der Waals surface area contributed by atoms with Gasteiger partial charge in [-0.15, -0.1) is 11.3 Å². The molecule has 0 bridgehead atoms. The Hall–Kier alpha value is -2.47. The molecule has 2 aromatic rings. The number of carbonyl (C=O) groups is 2. The first-order chi connectivity index (χ1) is 11.1. The van der Waals surface area contributed by atoms with Gasteiger partial charge in [-0.2, -0.15) is 0 Å². The molecule has 1 aliphatic heterocycles. The number of rotatable bonds is 4. The first-order valence-electron chi connectivity index (χ1n) is 7.34. The van der Waals surface area contributed by atoms with Gasteiger partial charge in [-0.25, -0.2) is 9.78 Å². The lowest BCUT2D eigenvalue weighted by molar-refractivity contribution is -0.129. The molecule has 0 aliphatic carbocycles. The molecule has 23 heavy (non-hydrogen) atoms. The van der Waals surface area contributed by atoms with Gasteiger partial charge in [-0.1, -0.05) is 0 Å². The zero-order valence-corrected chi connectivity index (χ0v) is 13.5. The van der Waals surface area contributed by atoms with Crippen molar-refractivity contribution < 1.29 is 14.3 Å². The molecule has 1 fully saturated rings. The summed E-state index contributed by atoms with van der Waals surface area (Å²) < 4.78 is 5.23. The summed E-state index contributed by atoms with van der Waals surface area (Å²) in [4.78, 5) is 29.5. The van der Waals surface area contributed by atoms with Crippen LogP contribution in [0.2, 0.25) is 0 Å². The summed E-state index contributed by atoms with van der Waals surface area (Å²) in [5.41, 5.74) is 1.58. The summed E-state index contributed by atoms with van der Waals surface area (Å²) in [5, 5.41) is 2.83. The molecule has 0 unspecified atom stereocenters. The van der Waals surface area contributed by atoms with Crippen molar-refractivity contribution in [1.82, 2.24) is 4.98 Å². The van der Waals surface area contributed by atoms with Gasteiger partial charge in [0.25, 0.3) is 0 Å². The molecule has 5 nitrogen and oxygen atoms in total. The van der Waals surface area contributed by atoms with Crippen molar-refractivity contribution in [3.8, 4) is 5.75 Å². The van der Waals surface area contributed by atoms with E-state index in [0.29, 0.717) is 12.2 Å². The standard InChI is InChI=1S/C17H16N2O3S/c1-12-18-13(11-23-12)4-9-17(21)22-15-7-5-14(6-8-15)19-10-2-3-16(19)20/h4-9,11H,2-3,10H2,1H3/b9-4+. The number of nitrogens with zero attached hydrogens (tertiary/aromatic N) is 2. The van der Waals surface area contributed by atoms with Crippen LogP contribution in [0, 0.1) is 6.92 Å². The molecule has 1 aromatic heterocycles. The van der Waals surface area contributed by atoms with Crippen molar-refractivity contribution in [3.05, 3.63) is 46.4 Å². The van der Waals surface area contributed by atoms with Gasteiger partial charge in [0, 0.05) is 30.1 Å². The third-order valence-corrected chi connectivity index (χ3v) is 4.26. The highest BCUT2D eigenvalue weighted by Crippen LogP contribution is 2.24. The number of esters is 1. The van der Waals surface area contributed by atoms with E-state index in [-0.39, 0.29) is 5.91 Å². The Labute approximate surface area is 138 Å². The van der Waals surface area contributed by atoms with E-state index in [4.69, 9.17) is 4.74 Å². The lowest BCUT2D eigenvalue weighted by Crippen LogP contribution is -2.23. The average molecular weight is 328 g/mol. The number of aryl methyl sites for hydroxylation is 1. The first-order valence-corrected chi connectivity index (χ1v) is 8.22. The van der Waals surface area contributed by atoms with Crippen LogP contribution in [0.3, 0.4) is 0 Å². The van der Waals surface area contributed by atoms with Gasteiger partial charge < -0.3 is 9.64 Å². The number of aromatic nitrogens is 1. The second kappa shape index (κ2) is 6.75. The van der Waals surface area contributed by atoms with Gasteiger partial charge in [-0.05, 0) is 43.7 Å². The molecular formula is C17H16N2O3S. The fraction of sp³-hybridized carbons (Fsp3) is 0.235. The van der Waals surface area contributed by atoms with Crippen molar-refractivity contribution in [2.75, 3.05) is 11.4 Å². The Bertz CT molecular complexity index is 749. The van der Waals surface area contributed by atoms with Crippen LogP contribution in [0.4, 0.5) is 5.69 Å². The molecule has 0 N–H and O–H groups in total. The Morgan fingerprint density at radius 3 is 2.74 bits per heavy atom.